The lowest BCUT2D eigenvalue weighted by Crippen LogP contribution is -2.29. The van der Waals surface area contributed by atoms with Crippen molar-refractivity contribution in [3.63, 3.8) is 0 Å². The number of fused-ring (bicyclic) bond motifs is 1. The van der Waals surface area contributed by atoms with Gasteiger partial charge in [-0.3, -0.25) is 4.79 Å². The maximum absolute atomic E-state index is 11.4. The molecule has 0 saturated carbocycles. The van der Waals surface area contributed by atoms with Gasteiger partial charge in [-0.1, -0.05) is 19.1 Å². The fourth-order valence-electron chi connectivity index (χ4n) is 1.77. The van der Waals surface area contributed by atoms with Crippen molar-refractivity contribution in [1.29, 1.82) is 0 Å². The Balaban J connectivity index is 2.03. The number of phenols is 1. The summed E-state index contributed by atoms with van der Waals surface area (Å²) in [5, 5.41) is 14.1. The molecule has 2 rings (SSSR count). The van der Waals surface area contributed by atoms with E-state index in [1.54, 1.807) is 12.1 Å². The van der Waals surface area contributed by atoms with Gasteiger partial charge in [0.05, 0.1) is 0 Å². The normalized spacial score (nSPS) is 10.4. The van der Waals surface area contributed by atoms with E-state index in [-0.39, 0.29) is 18.3 Å². The van der Waals surface area contributed by atoms with Gasteiger partial charge < -0.3 is 15.2 Å². The summed E-state index contributed by atoms with van der Waals surface area (Å²) in [6, 6.07) is 10.7. The second-order valence-corrected chi connectivity index (χ2v) is 4.33. The van der Waals surface area contributed by atoms with E-state index in [4.69, 9.17) is 4.74 Å². The molecule has 0 radical (unpaired) electrons. The lowest BCUT2D eigenvalue weighted by molar-refractivity contribution is -0.123. The van der Waals surface area contributed by atoms with Crippen molar-refractivity contribution >= 4 is 16.7 Å². The molecule has 2 aromatic carbocycles. The molecule has 0 aliphatic carbocycles. The highest BCUT2D eigenvalue weighted by Gasteiger charge is 2.03. The Labute approximate surface area is 112 Å². The fraction of sp³-hybridized carbons (Fsp3) is 0.267. The summed E-state index contributed by atoms with van der Waals surface area (Å²) in [5.74, 6) is 0.702. The van der Waals surface area contributed by atoms with E-state index in [9.17, 15) is 9.90 Å². The van der Waals surface area contributed by atoms with Gasteiger partial charge in [-0.25, -0.2) is 0 Å². The zero-order chi connectivity index (χ0) is 13.7. The zero-order valence-corrected chi connectivity index (χ0v) is 10.8. The fourth-order valence-corrected chi connectivity index (χ4v) is 1.77. The zero-order valence-electron chi connectivity index (χ0n) is 10.8. The highest BCUT2D eigenvalue weighted by molar-refractivity contribution is 5.85. The number of rotatable bonds is 5. The van der Waals surface area contributed by atoms with Crippen LogP contribution in [-0.2, 0) is 4.79 Å². The number of carbonyl (C=O) groups excluding carboxylic acids is 1. The molecule has 1 amide bonds. The molecule has 2 aromatic rings. The summed E-state index contributed by atoms with van der Waals surface area (Å²) in [5.41, 5.74) is 0. The molecule has 0 saturated heterocycles. The van der Waals surface area contributed by atoms with Crippen LogP contribution in [0.25, 0.3) is 10.8 Å². The third-order valence-corrected chi connectivity index (χ3v) is 2.74. The number of benzene rings is 2. The minimum atomic E-state index is -0.127. The van der Waals surface area contributed by atoms with Crippen LogP contribution in [0, 0.1) is 0 Å². The number of phenolic OH excluding ortho intramolecular Hbond substituents is 1. The van der Waals surface area contributed by atoms with Crippen molar-refractivity contribution in [3.8, 4) is 11.5 Å². The van der Waals surface area contributed by atoms with E-state index in [0.29, 0.717) is 12.3 Å². The average Bonchev–Trinajstić information content (AvgIpc) is 2.42. The van der Waals surface area contributed by atoms with Crippen LogP contribution in [0.3, 0.4) is 0 Å². The molecule has 0 atom stereocenters. The molecule has 0 spiro atoms. The molecule has 0 fully saturated rings. The van der Waals surface area contributed by atoms with E-state index in [1.165, 1.54) is 0 Å². The van der Waals surface area contributed by atoms with Crippen molar-refractivity contribution in [3.05, 3.63) is 36.4 Å². The van der Waals surface area contributed by atoms with Gasteiger partial charge in [0.1, 0.15) is 11.5 Å². The topological polar surface area (TPSA) is 58.6 Å². The lowest BCUT2D eigenvalue weighted by Gasteiger charge is -2.08. The van der Waals surface area contributed by atoms with Crippen LogP contribution in [0.15, 0.2) is 36.4 Å². The van der Waals surface area contributed by atoms with Gasteiger partial charge in [-0.15, -0.1) is 0 Å². The number of ether oxygens (including phenoxy) is 1. The van der Waals surface area contributed by atoms with Crippen LogP contribution < -0.4 is 10.1 Å². The smallest absolute Gasteiger partial charge is 0.257 e. The number of hydrogen-bond donors (Lipinski definition) is 2. The monoisotopic (exact) mass is 259 g/mol. The minimum Gasteiger partial charge on any atom is -0.508 e. The van der Waals surface area contributed by atoms with E-state index < -0.39 is 0 Å². The first-order chi connectivity index (χ1) is 9.19. The largest absolute Gasteiger partial charge is 0.508 e. The summed E-state index contributed by atoms with van der Waals surface area (Å²) in [7, 11) is 0. The Bertz CT molecular complexity index is 581. The Kier molecular flexibility index (Phi) is 4.23. The maximum Gasteiger partial charge on any atom is 0.257 e. The van der Waals surface area contributed by atoms with Crippen molar-refractivity contribution in [2.24, 2.45) is 0 Å². The van der Waals surface area contributed by atoms with Gasteiger partial charge in [0.15, 0.2) is 6.61 Å². The van der Waals surface area contributed by atoms with E-state index >= 15 is 0 Å². The lowest BCUT2D eigenvalue weighted by atomic mass is 10.1. The van der Waals surface area contributed by atoms with Gasteiger partial charge in [0.25, 0.3) is 5.91 Å². The molecular formula is C15H17NO3. The Hall–Kier alpha value is -2.23. The third-order valence-electron chi connectivity index (χ3n) is 2.74. The number of amides is 1. The summed E-state index contributed by atoms with van der Waals surface area (Å²) < 4.78 is 5.42. The molecule has 0 aliphatic rings. The summed E-state index contributed by atoms with van der Waals surface area (Å²) in [6.45, 7) is 2.66. The molecule has 0 aliphatic heterocycles. The molecular weight excluding hydrogens is 242 g/mol. The Morgan fingerprint density at radius 2 is 2.00 bits per heavy atom. The number of hydrogen-bond acceptors (Lipinski definition) is 3. The number of aromatic hydroxyl groups is 1. The van der Waals surface area contributed by atoms with Crippen LogP contribution in [0.5, 0.6) is 11.5 Å². The highest BCUT2D eigenvalue weighted by Crippen LogP contribution is 2.24. The molecule has 4 nitrogen and oxygen atoms in total. The number of nitrogens with one attached hydrogen (secondary N) is 1. The maximum atomic E-state index is 11.4. The van der Waals surface area contributed by atoms with Crippen LogP contribution in [-0.4, -0.2) is 24.2 Å². The van der Waals surface area contributed by atoms with Gasteiger partial charge in [-0.05, 0) is 41.5 Å². The van der Waals surface area contributed by atoms with Crippen molar-refractivity contribution in [2.75, 3.05) is 13.2 Å². The molecule has 0 aromatic heterocycles. The van der Waals surface area contributed by atoms with Crippen LogP contribution in [0.4, 0.5) is 0 Å². The first-order valence-electron chi connectivity index (χ1n) is 6.31. The van der Waals surface area contributed by atoms with Gasteiger partial charge in [0.2, 0.25) is 0 Å². The minimum absolute atomic E-state index is 0.00429. The summed E-state index contributed by atoms with van der Waals surface area (Å²) >= 11 is 0. The standard InChI is InChI=1S/C15H17NO3/c1-2-7-16-15(18)10-19-14-6-4-11-3-5-13(17)8-12(11)9-14/h3-6,8-9,17H,2,7,10H2,1H3,(H,16,18). The number of carbonyl (C=O) groups is 1. The first-order valence-corrected chi connectivity index (χ1v) is 6.31. The third kappa shape index (κ3) is 3.61. The van der Waals surface area contributed by atoms with Crippen LogP contribution >= 0.6 is 0 Å². The summed E-state index contributed by atoms with van der Waals surface area (Å²) in [4.78, 5) is 11.4. The molecule has 2 N–H and O–H groups in total. The van der Waals surface area contributed by atoms with Gasteiger partial charge in [-0.2, -0.15) is 0 Å². The van der Waals surface area contributed by atoms with Crippen LogP contribution in [0.2, 0.25) is 0 Å². The molecule has 19 heavy (non-hydrogen) atoms. The van der Waals surface area contributed by atoms with Crippen LogP contribution in [0.1, 0.15) is 13.3 Å². The Morgan fingerprint density at radius 3 is 2.79 bits per heavy atom. The van der Waals surface area contributed by atoms with Gasteiger partial charge >= 0.3 is 0 Å². The Morgan fingerprint density at radius 1 is 1.21 bits per heavy atom. The first kappa shape index (κ1) is 13.2. The molecule has 100 valence electrons. The molecule has 0 unspecified atom stereocenters. The SMILES string of the molecule is CCCNC(=O)COc1ccc2ccc(O)cc2c1. The average molecular weight is 259 g/mol. The quantitative estimate of drug-likeness (QED) is 0.867. The molecule has 0 heterocycles. The van der Waals surface area contributed by atoms with Crippen molar-refractivity contribution in [1.82, 2.24) is 5.32 Å². The second-order valence-electron chi connectivity index (χ2n) is 4.33. The highest BCUT2D eigenvalue weighted by atomic mass is 16.5. The predicted octanol–water partition coefficient (Wildman–Crippen LogP) is 2.45. The van der Waals surface area contributed by atoms with E-state index in [2.05, 4.69) is 5.32 Å². The van der Waals surface area contributed by atoms with E-state index in [1.807, 2.05) is 31.2 Å². The second kappa shape index (κ2) is 6.09. The van der Waals surface area contributed by atoms with Crippen molar-refractivity contribution in [2.45, 2.75) is 13.3 Å². The van der Waals surface area contributed by atoms with E-state index in [0.717, 1.165) is 17.2 Å². The van der Waals surface area contributed by atoms with Gasteiger partial charge in [0, 0.05) is 6.54 Å². The van der Waals surface area contributed by atoms with Crippen molar-refractivity contribution < 1.29 is 14.6 Å². The molecule has 0 bridgehead atoms. The predicted molar refractivity (Wildman–Crippen MR) is 74.4 cm³/mol. The summed E-state index contributed by atoms with van der Waals surface area (Å²) in [6.07, 6.45) is 0.904. The molecule has 4 heteroatoms.